The van der Waals surface area contributed by atoms with E-state index in [0.29, 0.717) is 0 Å². The molecule has 0 radical (unpaired) electrons. The number of guanidine groups is 1. The van der Waals surface area contributed by atoms with Gasteiger partial charge in [-0.05, 0) is 43.2 Å². The third kappa shape index (κ3) is 3.84. The summed E-state index contributed by atoms with van der Waals surface area (Å²) in [6, 6.07) is 3.99. The van der Waals surface area contributed by atoms with E-state index in [1.165, 1.54) is 38.8 Å². The molecule has 1 aliphatic carbocycles. The zero-order valence-corrected chi connectivity index (χ0v) is 13.8. The van der Waals surface area contributed by atoms with Gasteiger partial charge in [0.25, 0.3) is 0 Å². The van der Waals surface area contributed by atoms with Crippen molar-refractivity contribution >= 4 is 5.96 Å². The summed E-state index contributed by atoms with van der Waals surface area (Å²) in [7, 11) is 0. The predicted molar refractivity (Wildman–Crippen MR) is 90.0 cm³/mol. The first kappa shape index (κ1) is 15.4. The molecule has 1 saturated heterocycles. The third-order valence-corrected chi connectivity index (χ3v) is 5.00. The summed E-state index contributed by atoms with van der Waals surface area (Å²) in [6.45, 7) is 6.38. The lowest BCUT2D eigenvalue weighted by atomic mass is 9.82. The van der Waals surface area contributed by atoms with Crippen LogP contribution in [0.2, 0.25) is 0 Å². The minimum absolute atomic E-state index is 0.891. The molecule has 1 saturated carbocycles. The fourth-order valence-electron chi connectivity index (χ4n) is 3.82. The summed E-state index contributed by atoms with van der Waals surface area (Å²) in [4.78, 5) is 7.30. The van der Waals surface area contributed by atoms with E-state index in [0.717, 1.165) is 49.5 Å². The van der Waals surface area contributed by atoms with Crippen LogP contribution in [0.1, 0.15) is 44.8 Å². The highest BCUT2D eigenvalue weighted by Gasteiger charge is 2.35. The molecule has 0 amide bonds. The van der Waals surface area contributed by atoms with Gasteiger partial charge in [-0.25, -0.2) is 0 Å². The van der Waals surface area contributed by atoms with E-state index in [-0.39, 0.29) is 0 Å². The second kappa shape index (κ2) is 7.70. The molecule has 2 atom stereocenters. The number of fused-ring (bicyclic) bond motifs is 1. The molecule has 0 bridgehead atoms. The van der Waals surface area contributed by atoms with Crippen molar-refractivity contribution in [1.29, 1.82) is 0 Å². The van der Waals surface area contributed by atoms with Crippen LogP contribution >= 0.6 is 0 Å². The Hall–Kier alpha value is -1.45. The van der Waals surface area contributed by atoms with Crippen LogP contribution in [0.4, 0.5) is 0 Å². The van der Waals surface area contributed by atoms with Gasteiger partial charge in [0.1, 0.15) is 5.76 Å². The monoisotopic (exact) mass is 303 g/mol. The Bertz CT molecular complexity index is 455. The zero-order valence-electron chi connectivity index (χ0n) is 13.8. The molecule has 22 heavy (non-hydrogen) atoms. The SMILES string of the molecule is CCCN=C(NCCc1ccco1)N1CC2CCCCC2C1. The van der Waals surface area contributed by atoms with Gasteiger partial charge < -0.3 is 14.6 Å². The van der Waals surface area contributed by atoms with Crippen LogP contribution in [0, 0.1) is 11.8 Å². The number of nitrogens with zero attached hydrogens (tertiary/aromatic N) is 2. The van der Waals surface area contributed by atoms with Gasteiger partial charge in [-0.15, -0.1) is 0 Å². The second-order valence-corrected chi connectivity index (χ2v) is 6.67. The molecule has 3 rings (SSSR count). The minimum Gasteiger partial charge on any atom is -0.469 e. The van der Waals surface area contributed by atoms with Crippen molar-refractivity contribution in [3.63, 3.8) is 0 Å². The average Bonchev–Trinajstić information content (AvgIpc) is 3.19. The summed E-state index contributed by atoms with van der Waals surface area (Å²) in [5, 5.41) is 3.56. The molecule has 4 nitrogen and oxygen atoms in total. The molecular formula is C18H29N3O. The van der Waals surface area contributed by atoms with E-state index in [9.17, 15) is 0 Å². The van der Waals surface area contributed by atoms with Crippen LogP contribution in [0.5, 0.6) is 0 Å². The Morgan fingerprint density at radius 3 is 2.73 bits per heavy atom. The lowest BCUT2D eigenvalue weighted by molar-refractivity contribution is 0.299. The average molecular weight is 303 g/mol. The van der Waals surface area contributed by atoms with E-state index in [1.54, 1.807) is 6.26 Å². The molecule has 1 aromatic heterocycles. The first-order valence-electron chi connectivity index (χ1n) is 8.92. The van der Waals surface area contributed by atoms with Gasteiger partial charge >= 0.3 is 0 Å². The molecule has 2 unspecified atom stereocenters. The van der Waals surface area contributed by atoms with Crippen molar-refractivity contribution in [2.75, 3.05) is 26.2 Å². The normalized spacial score (nSPS) is 25.3. The summed E-state index contributed by atoms with van der Waals surface area (Å²) in [5.74, 6) is 3.94. The highest BCUT2D eigenvalue weighted by molar-refractivity contribution is 5.80. The van der Waals surface area contributed by atoms with Crippen LogP contribution in [-0.4, -0.2) is 37.0 Å². The van der Waals surface area contributed by atoms with Gasteiger partial charge in [0.15, 0.2) is 5.96 Å². The maximum atomic E-state index is 5.41. The molecule has 2 heterocycles. The van der Waals surface area contributed by atoms with Gasteiger partial charge in [-0.1, -0.05) is 19.8 Å². The quantitative estimate of drug-likeness (QED) is 0.670. The summed E-state index contributed by atoms with van der Waals surface area (Å²) in [5.41, 5.74) is 0. The molecule has 2 aliphatic rings. The third-order valence-electron chi connectivity index (χ3n) is 5.00. The Labute approximate surface area is 134 Å². The smallest absolute Gasteiger partial charge is 0.193 e. The zero-order chi connectivity index (χ0) is 15.2. The lowest BCUT2D eigenvalue weighted by Gasteiger charge is -2.22. The van der Waals surface area contributed by atoms with Crippen LogP contribution in [0.3, 0.4) is 0 Å². The molecule has 1 N–H and O–H groups in total. The Balaban J connectivity index is 1.55. The maximum Gasteiger partial charge on any atom is 0.193 e. The molecule has 0 aromatic carbocycles. The highest BCUT2D eigenvalue weighted by atomic mass is 16.3. The lowest BCUT2D eigenvalue weighted by Crippen LogP contribution is -2.41. The van der Waals surface area contributed by atoms with E-state index < -0.39 is 0 Å². The molecule has 122 valence electrons. The summed E-state index contributed by atoms with van der Waals surface area (Å²) < 4.78 is 5.41. The van der Waals surface area contributed by atoms with E-state index in [1.807, 2.05) is 12.1 Å². The van der Waals surface area contributed by atoms with Gasteiger partial charge in [-0.2, -0.15) is 0 Å². The van der Waals surface area contributed by atoms with Crippen LogP contribution in [0.15, 0.2) is 27.8 Å². The second-order valence-electron chi connectivity index (χ2n) is 6.67. The molecule has 1 aliphatic heterocycles. The number of rotatable bonds is 5. The first-order chi connectivity index (χ1) is 10.9. The van der Waals surface area contributed by atoms with E-state index in [4.69, 9.17) is 9.41 Å². The number of likely N-dealkylation sites (tertiary alicyclic amines) is 1. The summed E-state index contributed by atoms with van der Waals surface area (Å²) >= 11 is 0. The van der Waals surface area contributed by atoms with Gasteiger partial charge in [0, 0.05) is 32.6 Å². The fraction of sp³-hybridized carbons (Fsp3) is 0.722. The van der Waals surface area contributed by atoms with Crippen molar-refractivity contribution in [2.24, 2.45) is 16.8 Å². The first-order valence-corrected chi connectivity index (χ1v) is 8.92. The van der Waals surface area contributed by atoms with E-state index >= 15 is 0 Å². The topological polar surface area (TPSA) is 40.8 Å². The Morgan fingerprint density at radius 2 is 2.09 bits per heavy atom. The molecule has 1 aromatic rings. The highest BCUT2D eigenvalue weighted by Crippen LogP contribution is 2.35. The largest absolute Gasteiger partial charge is 0.469 e. The molecular weight excluding hydrogens is 274 g/mol. The van der Waals surface area contributed by atoms with Crippen molar-refractivity contribution in [3.8, 4) is 0 Å². The number of furan rings is 1. The standard InChI is InChI=1S/C18H29N3O/c1-2-10-19-18(20-11-9-17-8-5-12-22-17)21-13-15-6-3-4-7-16(15)14-21/h5,8,12,15-16H,2-4,6-7,9-11,13-14H2,1H3,(H,19,20). The Kier molecular flexibility index (Phi) is 5.41. The van der Waals surface area contributed by atoms with Gasteiger partial charge in [0.2, 0.25) is 0 Å². The number of nitrogens with one attached hydrogen (secondary N) is 1. The molecule has 4 heteroatoms. The van der Waals surface area contributed by atoms with Gasteiger partial charge in [-0.3, -0.25) is 4.99 Å². The minimum atomic E-state index is 0.891. The maximum absolute atomic E-state index is 5.41. The van der Waals surface area contributed by atoms with Crippen molar-refractivity contribution in [3.05, 3.63) is 24.2 Å². The molecule has 2 fully saturated rings. The predicted octanol–water partition coefficient (Wildman–Crippen LogP) is 3.30. The van der Waals surface area contributed by atoms with Crippen molar-refractivity contribution in [1.82, 2.24) is 10.2 Å². The van der Waals surface area contributed by atoms with Crippen LogP contribution in [0.25, 0.3) is 0 Å². The summed E-state index contributed by atoms with van der Waals surface area (Å²) in [6.07, 6.45) is 9.42. The van der Waals surface area contributed by atoms with Crippen molar-refractivity contribution < 1.29 is 4.42 Å². The van der Waals surface area contributed by atoms with E-state index in [2.05, 4.69) is 17.1 Å². The molecule has 0 spiro atoms. The fourth-order valence-corrected chi connectivity index (χ4v) is 3.82. The van der Waals surface area contributed by atoms with Gasteiger partial charge in [0.05, 0.1) is 6.26 Å². The number of aliphatic imine (C=N–C) groups is 1. The Morgan fingerprint density at radius 1 is 1.32 bits per heavy atom. The number of hydrogen-bond donors (Lipinski definition) is 1. The van der Waals surface area contributed by atoms with Crippen LogP contribution in [-0.2, 0) is 6.42 Å². The van der Waals surface area contributed by atoms with Crippen LogP contribution < -0.4 is 5.32 Å². The van der Waals surface area contributed by atoms with Crippen molar-refractivity contribution in [2.45, 2.75) is 45.4 Å². The number of hydrogen-bond acceptors (Lipinski definition) is 2.